The fourth-order valence-corrected chi connectivity index (χ4v) is 4.80. The number of nitrogens with zero attached hydrogens (tertiary/aromatic N) is 1. The van der Waals surface area contributed by atoms with E-state index < -0.39 is 16.0 Å². The maximum atomic E-state index is 12.6. The molecule has 0 saturated carbocycles. The van der Waals surface area contributed by atoms with Gasteiger partial charge in [0, 0.05) is 17.6 Å². The van der Waals surface area contributed by atoms with Crippen LogP contribution in [-0.2, 0) is 34.5 Å². The van der Waals surface area contributed by atoms with E-state index in [2.05, 4.69) is 9.71 Å². The number of hydrogen-bond donors (Lipinski definition) is 1. The van der Waals surface area contributed by atoms with E-state index in [1.165, 1.54) is 35.6 Å². The highest BCUT2D eigenvalue weighted by atomic mass is 32.2. The predicted molar refractivity (Wildman–Crippen MR) is 129 cm³/mol. The molecule has 0 aliphatic carbocycles. The first-order chi connectivity index (χ1) is 16.5. The first-order valence-corrected chi connectivity index (χ1v) is 12.8. The molecule has 0 spiro atoms. The number of carbonyl (C=O) groups excluding carboxylic acids is 1. The summed E-state index contributed by atoms with van der Waals surface area (Å²) < 4.78 is 38.8. The van der Waals surface area contributed by atoms with Crippen LogP contribution < -0.4 is 9.46 Å². The average molecular weight is 495 g/mol. The third kappa shape index (κ3) is 6.50. The Morgan fingerprint density at radius 1 is 0.941 bits per heavy atom. The number of esters is 1. The summed E-state index contributed by atoms with van der Waals surface area (Å²) in [5.41, 5.74) is 1.76. The van der Waals surface area contributed by atoms with Crippen LogP contribution in [0.3, 0.4) is 0 Å². The molecule has 7 nitrogen and oxygen atoms in total. The van der Waals surface area contributed by atoms with Crippen molar-refractivity contribution in [3.8, 4) is 5.75 Å². The van der Waals surface area contributed by atoms with Crippen molar-refractivity contribution in [1.82, 2.24) is 9.71 Å². The van der Waals surface area contributed by atoms with E-state index in [1.807, 2.05) is 35.7 Å². The van der Waals surface area contributed by atoms with Gasteiger partial charge in [-0.3, -0.25) is 4.98 Å². The molecule has 0 atom stereocenters. The summed E-state index contributed by atoms with van der Waals surface area (Å²) in [5, 5.41) is 1.88. The van der Waals surface area contributed by atoms with E-state index in [0.717, 1.165) is 16.1 Å². The number of thiophene rings is 1. The lowest BCUT2D eigenvalue weighted by Gasteiger charge is -2.09. The Bertz CT molecular complexity index is 1320. The number of aromatic nitrogens is 1. The van der Waals surface area contributed by atoms with Crippen LogP contribution in [0.25, 0.3) is 0 Å². The van der Waals surface area contributed by atoms with Crippen LogP contribution in [0.15, 0.2) is 95.3 Å². The van der Waals surface area contributed by atoms with Crippen molar-refractivity contribution in [2.45, 2.75) is 24.7 Å². The summed E-state index contributed by atoms with van der Waals surface area (Å²) >= 11 is 1.46. The fraction of sp³-hybridized carbons (Fsp3) is 0.120. The van der Waals surface area contributed by atoms with Crippen LogP contribution in [-0.4, -0.2) is 19.4 Å². The zero-order chi connectivity index (χ0) is 23.8. The van der Waals surface area contributed by atoms with E-state index >= 15 is 0 Å². The largest absolute Gasteiger partial charge is 0.487 e. The fourth-order valence-electron chi connectivity index (χ4n) is 3.01. The molecule has 2 aromatic carbocycles. The molecule has 34 heavy (non-hydrogen) atoms. The first kappa shape index (κ1) is 23.6. The predicted octanol–water partition coefficient (Wildman–Crippen LogP) is 4.56. The number of rotatable bonds is 10. The molecule has 2 heterocycles. The summed E-state index contributed by atoms with van der Waals surface area (Å²) in [4.78, 5) is 17.6. The Kier molecular flexibility index (Phi) is 7.69. The molecule has 174 valence electrons. The molecule has 0 fully saturated rings. The number of sulfonamides is 1. The topological polar surface area (TPSA) is 94.6 Å². The quantitative estimate of drug-likeness (QED) is 0.325. The molecule has 4 aromatic rings. The summed E-state index contributed by atoms with van der Waals surface area (Å²) in [6.07, 6.45) is 1.71. The summed E-state index contributed by atoms with van der Waals surface area (Å²) in [6.45, 7) is 0.597. The van der Waals surface area contributed by atoms with Gasteiger partial charge in [0.25, 0.3) is 0 Å². The highest BCUT2D eigenvalue weighted by Gasteiger charge is 2.17. The van der Waals surface area contributed by atoms with Gasteiger partial charge in [-0.2, -0.15) is 0 Å². The second kappa shape index (κ2) is 11.1. The van der Waals surface area contributed by atoms with Crippen molar-refractivity contribution >= 4 is 27.3 Å². The lowest BCUT2D eigenvalue weighted by Crippen LogP contribution is -2.23. The minimum absolute atomic E-state index is 0.00733. The van der Waals surface area contributed by atoms with Gasteiger partial charge in [-0.25, -0.2) is 17.9 Å². The van der Waals surface area contributed by atoms with Crippen molar-refractivity contribution in [3.05, 3.63) is 112 Å². The van der Waals surface area contributed by atoms with E-state index in [4.69, 9.17) is 9.47 Å². The molecule has 0 aliphatic heterocycles. The second-order valence-corrected chi connectivity index (χ2v) is 10.1. The molecular weight excluding hydrogens is 472 g/mol. The minimum atomic E-state index is -3.76. The van der Waals surface area contributed by atoms with Gasteiger partial charge in [-0.05, 0) is 59.5 Å². The number of pyridine rings is 1. The number of benzene rings is 2. The molecule has 4 rings (SSSR count). The zero-order valence-electron chi connectivity index (χ0n) is 18.1. The highest BCUT2D eigenvalue weighted by Crippen LogP contribution is 2.17. The lowest BCUT2D eigenvalue weighted by atomic mass is 10.2. The molecule has 0 bridgehead atoms. The van der Waals surface area contributed by atoms with Crippen LogP contribution in [0.2, 0.25) is 0 Å². The van der Waals surface area contributed by atoms with Crippen LogP contribution in [0.4, 0.5) is 0 Å². The van der Waals surface area contributed by atoms with Crippen LogP contribution >= 0.6 is 11.3 Å². The van der Waals surface area contributed by atoms with Gasteiger partial charge in [0.05, 0.1) is 16.2 Å². The minimum Gasteiger partial charge on any atom is -0.487 e. The van der Waals surface area contributed by atoms with E-state index in [-0.39, 0.29) is 23.6 Å². The first-order valence-electron chi connectivity index (χ1n) is 10.4. The molecule has 0 aliphatic rings. The normalized spacial score (nSPS) is 11.2. The van der Waals surface area contributed by atoms with Crippen molar-refractivity contribution in [3.63, 3.8) is 0 Å². The van der Waals surface area contributed by atoms with Crippen LogP contribution in [0.5, 0.6) is 5.75 Å². The number of nitrogens with one attached hydrogen (secondary N) is 1. The number of hydrogen-bond acceptors (Lipinski definition) is 7. The van der Waals surface area contributed by atoms with Crippen LogP contribution in [0.1, 0.15) is 26.5 Å². The summed E-state index contributed by atoms with van der Waals surface area (Å²) in [7, 11) is -3.76. The van der Waals surface area contributed by atoms with Gasteiger partial charge in [-0.1, -0.05) is 30.3 Å². The number of ether oxygens (including phenoxy) is 2. The average Bonchev–Trinajstić information content (AvgIpc) is 3.40. The van der Waals surface area contributed by atoms with Gasteiger partial charge in [-0.15, -0.1) is 11.3 Å². The Balaban J connectivity index is 1.31. The molecule has 0 radical (unpaired) electrons. The zero-order valence-corrected chi connectivity index (χ0v) is 19.7. The molecule has 9 heteroatoms. The van der Waals surface area contributed by atoms with Gasteiger partial charge >= 0.3 is 5.97 Å². The molecule has 0 saturated heterocycles. The molecule has 2 aromatic heterocycles. The van der Waals surface area contributed by atoms with Gasteiger partial charge in [0.2, 0.25) is 10.0 Å². The van der Waals surface area contributed by atoms with Gasteiger partial charge in [0.1, 0.15) is 19.0 Å². The second-order valence-electron chi connectivity index (χ2n) is 7.26. The smallest absolute Gasteiger partial charge is 0.338 e. The molecular formula is C25H22N2O5S2. The lowest BCUT2D eigenvalue weighted by molar-refractivity contribution is 0.0472. The van der Waals surface area contributed by atoms with E-state index in [0.29, 0.717) is 12.4 Å². The Hall–Kier alpha value is -3.53. The standard InChI is InChI=1S/C25H22N2O5S2/c28-25(20-5-3-8-24(15-20)34(29,30)27-16-23-7-4-14-33-23)32-17-19-9-11-22(12-10-19)31-18-21-6-1-2-13-26-21/h1-15,27H,16-18H2. The Morgan fingerprint density at radius 3 is 2.53 bits per heavy atom. The maximum Gasteiger partial charge on any atom is 0.338 e. The highest BCUT2D eigenvalue weighted by molar-refractivity contribution is 7.89. The molecule has 0 amide bonds. The van der Waals surface area contributed by atoms with Crippen molar-refractivity contribution < 1.29 is 22.7 Å². The van der Waals surface area contributed by atoms with Crippen LogP contribution in [0, 0.1) is 0 Å². The maximum absolute atomic E-state index is 12.6. The monoisotopic (exact) mass is 494 g/mol. The van der Waals surface area contributed by atoms with Crippen molar-refractivity contribution in [1.29, 1.82) is 0 Å². The molecule has 0 unspecified atom stereocenters. The van der Waals surface area contributed by atoms with E-state index in [1.54, 1.807) is 30.5 Å². The SMILES string of the molecule is O=C(OCc1ccc(OCc2ccccn2)cc1)c1cccc(S(=O)(=O)NCc2cccs2)c1. The van der Waals surface area contributed by atoms with Gasteiger partial charge < -0.3 is 9.47 Å². The van der Waals surface area contributed by atoms with Gasteiger partial charge in [0.15, 0.2) is 0 Å². The van der Waals surface area contributed by atoms with E-state index in [9.17, 15) is 13.2 Å². The Labute approximate surface area is 202 Å². The molecule has 1 N–H and O–H groups in total. The van der Waals surface area contributed by atoms with Crippen molar-refractivity contribution in [2.75, 3.05) is 0 Å². The summed E-state index contributed by atoms with van der Waals surface area (Å²) in [6, 6.07) is 22.3. The third-order valence-corrected chi connectivity index (χ3v) is 7.08. The van der Waals surface area contributed by atoms with Crippen molar-refractivity contribution in [2.24, 2.45) is 0 Å². The Morgan fingerprint density at radius 2 is 1.79 bits per heavy atom. The third-order valence-electron chi connectivity index (χ3n) is 4.80. The summed E-state index contributed by atoms with van der Waals surface area (Å²) in [5.74, 6) is 0.0690. The number of carbonyl (C=O) groups is 1.